The van der Waals surface area contributed by atoms with Crippen LogP contribution in [0.15, 0.2) is 0 Å². The lowest BCUT2D eigenvalue weighted by molar-refractivity contribution is -0.231. The summed E-state index contributed by atoms with van der Waals surface area (Å²) < 4.78 is 79.0. The van der Waals surface area contributed by atoms with Gasteiger partial charge in [0.15, 0.2) is 0 Å². The van der Waals surface area contributed by atoms with Gasteiger partial charge in [-0.15, -0.1) is 0 Å². The molecule has 114 valence electrons. The van der Waals surface area contributed by atoms with E-state index in [4.69, 9.17) is 0 Å². The first-order valence-electron chi connectivity index (χ1n) is 6.32. The van der Waals surface area contributed by atoms with Crippen molar-refractivity contribution in [3.8, 4) is 0 Å². The number of hydrogen-bond donors (Lipinski definition) is 0. The van der Waals surface area contributed by atoms with Gasteiger partial charge in [0.25, 0.3) is 0 Å². The Kier molecular flexibility index (Phi) is 3.99. The van der Waals surface area contributed by atoms with Crippen LogP contribution in [0, 0.1) is 35.0 Å². The van der Waals surface area contributed by atoms with E-state index >= 15 is 0 Å². The van der Waals surface area contributed by atoms with Gasteiger partial charge in [0.1, 0.15) is 0 Å². The van der Waals surface area contributed by atoms with Crippen molar-refractivity contribution < 1.29 is 26.3 Å². The van der Waals surface area contributed by atoms with Crippen molar-refractivity contribution >= 4 is 0 Å². The second kappa shape index (κ2) is 4.55. The summed E-state index contributed by atoms with van der Waals surface area (Å²) in [6.45, 7) is 6.94. The molecule has 6 heteroatoms. The second-order valence-corrected chi connectivity index (χ2v) is 6.74. The van der Waals surface area contributed by atoms with Gasteiger partial charge >= 0.3 is 12.4 Å². The second-order valence-electron chi connectivity index (χ2n) is 6.74. The predicted molar refractivity (Wildman–Crippen MR) is 60.4 cm³/mol. The Bertz CT molecular complexity index is 295. The first kappa shape index (κ1) is 16.6. The zero-order chi connectivity index (χ0) is 15.4. The van der Waals surface area contributed by atoms with Crippen LogP contribution in [0.1, 0.15) is 34.6 Å². The normalized spacial score (nSPS) is 37.7. The van der Waals surface area contributed by atoms with Crippen molar-refractivity contribution in [1.29, 1.82) is 0 Å². The van der Waals surface area contributed by atoms with Gasteiger partial charge in [-0.1, -0.05) is 34.6 Å². The average molecular weight is 290 g/mol. The van der Waals surface area contributed by atoms with E-state index in [1.807, 2.05) is 0 Å². The largest absolute Gasteiger partial charge is 0.392 e. The van der Waals surface area contributed by atoms with Crippen molar-refractivity contribution in [2.45, 2.75) is 47.0 Å². The van der Waals surface area contributed by atoms with E-state index in [9.17, 15) is 26.3 Å². The molecule has 0 saturated heterocycles. The highest BCUT2D eigenvalue weighted by atomic mass is 19.4. The molecule has 4 unspecified atom stereocenters. The van der Waals surface area contributed by atoms with Gasteiger partial charge < -0.3 is 0 Å². The van der Waals surface area contributed by atoms with E-state index in [-0.39, 0.29) is 0 Å². The summed E-state index contributed by atoms with van der Waals surface area (Å²) >= 11 is 0. The standard InChI is InChI=1S/C13H20F6/c1-6-7(2)9(13(17,18)19)10(11(3,4)5)8(6)12(14,15)16/h6-10H,1-5H3. The first-order chi connectivity index (χ1) is 8.19. The van der Waals surface area contributed by atoms with Crippen LogP contribution in [0.2, 0.25) is 0 Å². The SMILES string of the molecule is CC1C(C)C(C(F)(F)F)C(C(C)(C)C)C1C(F)(F)F. The third-order valence-corrected chi connectivity index (χ3v) is 4.49. The maximum atomic E-state index is 13.2. The van der Waals surface area contributed by atoms with Crippen molar-refractivity contribution in [3.05, 3.63) is 0 Å². The lowest BCUT2D eigenvalue weighted by Gasteiger charge is -2.38. The van der Waals surface area contributed by atoms with E-state index in [2.05, 4.69) is 0 Å². The van der Waals surface area contributed by atoms with Gasteiger partial charge in [-0.3, -0.25) is 0 Å². The Balaban J connectivity index is 3.34. The molecule has 0 bridgehead atoms. The fraction of sp³-hybridized carbons (Fsp3) is 1.00. The maximum absolute atomic E-state index is 13.2. The minimum absolute atomic E-state index is 1.02. The van der Waals surface area contributed by atoms with Crippen LogP contribution in [0.25, 0.3) is 0 Å². The Morgan fingerprint density at radius 3 is 1.00 bits per heavy atom. The number of rotatable bonds is 0. The highest BCUT2D eigenvalue weighted by Gasteiger charge is 2.66. The molecule has 0 radical (unpaired) electrons. The summed E-state index contributed by atoms with van der Waals surface area (Å²) in [7, 11) is 0. The van der Waals surface area contributed by atoms with Crippen molar-refractivity contribution in [1.82, 2.24) is 0 Å². The first-order valence-corrected chi connectivity index (χ1v) is 6.32. The average Bonchev–Trinajstić information content (AvgIpc) is 2.36. The number of halogens is 6. The third kappa shape index (κ3) is 3.02. The van der Waals surface area contributed by atoms with E-state index in [0.717, 1.165) is 0 Å². The summed E-state index contributed by atoms with van der Waals surface area (Å²) in [4.78, 5) is 0. The zero-order valence-corrected chi connectivity index (χ0v) is 11.7. The van der Waals surface area contributed by atoms with Crippen LogP contribution in [0.5, 0.6) is 0 Å². The quantitative estimate of drug-likeness (QED) is 0.532. The van der Waals surface area contributed by atoms with Crippen molar-refractivity contribution in [2.75, 3.05) is 0 Å². The molecule has 1 aliphatic carbocycles. The predicted octanol–water partition coefficient (Wildman–Crippen LogP) is 5.29. The number of hydrogen-bond acceptors (Lipinski definition) is 0. The smallest absolute Gasteiger partial charge is 0.171 e. The molecule has 0 aliphatic heterocycles. The van der Waals surface area contributed by atoms with Crippen LogP contribution in [0.3, 0.4) is 0 Å². The van der Waals surface area contributed by atoms with Gasteiger partial charge in [0.05, 0.1) is 11.8 Å². The van der Waals surface area contributed by atoms with E-state index in [1.165, 1.54) is 34.6 Å². The van der Waals surface area contributed by atoms with Crippen LogP contribution in [-0.4, -0.2) is 12.4 Å². The van der Waals surface area contributed by atoms with E-state index in [1.54, 1.807) is 0 Å². The van der Waals surface area contributed by atoms with Gasteiger partial charge in [-0.2, -0.15) is 26.3 Å². The molecule has 0 heterocycles. The van der Waals surface area contributed by atoms with Crippen LogP contribution in [0.4, 0.5) is 26.3 Å². The molecule has 1 saturated carbocycles. The Hall–Kier alpha value is -0.420. The molecule has 1 rings (SSSR count). The van der Waals surface area contributed by atoms with E-state index in [0.29, 0.717) is 0 Å². The molecule has 0 N–H and O–H groups in total. The van der Waals surface area contributed by atoms with Crippen molar-refractivity contribution in [2.24, 2.45) is 35.0 Å². The Morgan fingerprint density at radius 1 is 0.579 bits per heavy atom. The van der Waals surface area contributed by atoms with Crippen LogP contribution < -0.4 is 0 Å². The summed E-state index contributed by atoms with van der Waals surface area (Å²) in [6.07, 6.45) is -9.18. The molecule has 1 aliphatic rings. The number of alkyl halides is 6. The molecular weight excluding hydrogens is 270 g/mol. The van der Waals surface area contributed by atoms with Crippen LogP contribution >= 0.6 is 0 Å². The van der Waals surface area contributed by atoms with E-state index < -0.39 is 47.4 Å². The fourth-order valence-corrected chi connectivity index (χ4v) is 3.61. The molecule has 0 nitrogen and oxygen atoms in total. The minimum atomic E-state index is -4.59. The molecule has 0 aromatic carbocycles. The van der Waals surface area contributed by atoms with Crippen LogP contribution in [-0.2, 0) is 0 Å². The molecule has 4 atom stereocenters. The molecule has 0 spiro atoms. The van der Waals surface area contributed by atoms with Gasteiger partial charge in [-0.25, -0.2) is 0 Å². The molecule has 1 fully saturated rings. The summed E-state index contributed by atoms with van der Waals surface area (Å²) in [5, 5.41) is 0. The Morgan fingerprint density at radius 2 is 0.842 bits per heavy atom. The summed E-state index contributed by atoms with van der Waals surface area (Å²) in [5.41, 5.74) is -1.04. The lowest BCUT2D eigenvalue weighted by atomic mass is 9.69. The lowest BCUT2D eigenvalue weighted by Crippen LogP contribution is -2.42. The maximum Gasteiger partial charge on any atom is 0.392 e. The monoisotopic (exact) mass is 290 g/mol. The fourth-order valence-electron chi connectivity index (χ4n) is 3.61. The minimum Gasteiger partial charge on any atom is -0.171 e. The molecule has 19 heavy (non-hydrogen) atoms. The molecule has 0 amide bonds. The van der Waals surface area contributed by atoms with Gasteiger partial charge in [0, 0.05) is 0 Å². The van der Waals surface area contributed by atoms with Crippen molar-refractivity contribution in [3.63, 3.8) is 0 Å². The summed E-state index contributed by atoms with van der Waals surface area (Å²) in [5.74, 6) is -7.26. The van der Waals surface area contributed by atoms with Gasteiger partial charge in [0.2, 0.25) is 0 Å². The molecule has 0 aromatic rings. The molecule has 0 aromatic heterocycles. The third-order valence-electron chi connectivity index (χ3n) is 4.49. The Labute approximate surface area is 109 Å². The highest BCUT2D eigenvalue weighted by molar-refractivity contribution is 5.02. The summed E-state index contributed by atoms with van der Waals surface area (Å²) in [6, 6.07) is 0. The highest BCUT2D eigenvalue weighted by Crippen LogP contribution is 2.61. The topological polar surface area (TPSA) is 0 Å². The molecular formula is C13H20F6. The zero-order valence-electron chi connectivity index (χ0n) is 11.7. The van der Waals surface area contributed by atoms with Gasteiger partial charge in [-0.05, 0) is 23.2 Å².